The summed E-state index contributed by atoms with van der Waals surface area (Å²) >= 11 is 0. The fourth-order valence-corrected chi connectivity index (χ4v) is 1.06. The fourth-order valence-electron chi connectivity index (χ4n) is 1.06. The largest absolute Gasteiger partial charge is 0.397 e. The average Bonchev–Trinajstić information content (AvgIpc) is 2.20. The van der Waals surface area contributed by atoms with Gasteiger partial charge in [-0.3, -0.25) is 4.79 Å². The molecule has 6 nitrogen and oxygen atoms in total. The first-order chi connectivity index (χ1) is 7.04. The van der Waals surface area contributed by atoms with Gasteiger partial charge in [0.25, 0.3) is 5.91 Å². The van der Waals surface area contributed by atoms with Crippen LogP contribution in [0.4, 0.5) is 11.5 Å². The van der Waals surface area contributed by atoms with Crippen LogP contribution in [-0.2, 0) is 0 Å². The third kappa shape index (κ3) is 2.81. The van der Waals surface area contributed by atoms with E-state index in [0.29, 0.717) is 11.5 Å². The number of carbonyl (C=O) groups is 1. The highest BCUT2D eigenvalue weighted by Gasteiger charge is 2.11. The van der Waals surface area contributed by atoms with Gasteiger partial charge in [-0.25, -0.2) is 4.98 Å². The Kier molecular flexibility index (Phi) is 3.46. The van der Waals surface area contributed by atoms with Gasteiger partial charge in [0.05, 0.1) is 24.1 Å². The smallest absolute Gasteiger partial charge is 0.252 e. The Labute approximate surface area is 87.3 Å². The standard InChI is InChI=1S/C9H14N4O2/c1-5(4-14)13-9-7(8(11)15)2-6(10)3-12-9/h2-3,5,14H,4,10H2,1H3,(H2,11,15)(H,12,13). The molecule has 0 aliphatic rings. The van der Waals surface area contributed by atoms with E-state index in [0.717, 1.165) is 0 Å². The van der Waals surface area contributed by atoms with Crippen LogP contribution in [0.5, 0.6) is 0 Å². The summed E-state index contributed by atoms with van der Waals surface area (Å²) in [7, 11) is 0. The lowest BCUT2D eigenvalue weighted by molar-refractivity contribution is 0.100. The number of hydrogen-bond acceptors (Lipinski definition) is 5. The van der Waals surface area contributed by atoms with Gasteiger partial charge in [-0.1, -0.05) is 0 Å². The van der Waals surface area contributed by atoms with Gasteiger partial charge in [0.1, 0.15) is 5.82 Å². The SMILES string of the molecule is CC(CO)Nc1ncc(N)cc1C(N)=O. The van der Waals surface area contributed by atoms with Crippen LogP contribution < -0.4 is 16.8 Å². The number of carbonyl (C=O) groups excluding carboxylic acids is 1. The zero-order valence-electron chi connectivity index (χ0n) is 8.40. The highest BCUT2D eigenvalue weighted by molar-refractivity contribution is 5.98. The predicted molar refractivity (Wildman–Crippen MR) is 57.3 cm³/mol. The van der Waals surface area contributed by atoms with Crippen LogP contribution in [0.3, 0.4) is 0 Å². The zero-order valence-corrected chi connectivity index (χ0v) is 8.40. The molecule has 15 heavy (non-hydrogen) atoms. The molecule has 1 rings (SSSR count). The summed E-state index contributed by atoms with van der Waals surface area (Å²) in [5.74, 6) is -0.277. The Hall–Kier alpha value is -1.82. The van der Waals surface area contributed by atoms with Crippen LogP contribution in [0.1, 0.15) is 17.3 Å². The van der Waals surface area contributed by atoms with Crippen LogP contribution in [0.15, 0.2) is 12.3 Å². The van der Waals surface area contributed by atoms with Gasteiger partial charge in [-0.15, -0.1) is 0 Å². The number of nitrogen functional groups attached to an aromatic ring is 1. The molecule has 0 aliphatic heterocycles. The van der Waals surface area contributed by atoms with E-state index in [-0.39, 0.29) is 18.2 Å². The van der Waals surface area contributed by atoms with Gasteiger partial charge in [-0.05, 0) is 13.0 Å². The van der Waals surface area contributed by atoms with Crippen molar-refractivity contribution in [1.29, 1.82) is 0 Å². The molecule has 0 saturated heterocycles. The molecule has 1 heterocycles. The molecule has 6 heteroatoms. The predicted octanol–water partition coefficient (Wildman–Crippen LogP) is -0.445. The highest BCUT2D eigenvalue weighted by atomic mass is 16.3. The van der Waals surface area contributed by atoms with E-state index in [1.54, 1.807) is 6.92 Å². The summed E-state index contributed by atoms with van der Waals surface area (Å²) in [4.78, 5) is 15.0. The Morgan fingerprint density at radius 3 is 2.93 bits per heavy atom. The van der Waals surface area contributed by atoms with E-state index in [2.05, 4.69) is 10.3 Å². The second-order valence-electron chi connectivity index (χ2n) is 3.26. The summed E-state index contributed by atoms with van der Waals surface area (Å²) in [6.07, 6.45) is 1.42. The first kappa shape index (κ1) is 11.3. The van der Waals surface area contributed by atoms with Crippen LogP contribution in [0.2, 0.25) is 0 Å². The van der Waals surface area contributed by atoms with Crippen molar-refractivity contribution in [1.82, 2.24) is 4.98 Å². The maximum absolute atomic E-state index is 11.1. The molecule has 1 aromatic heterocycles. The summed E-state index contributed by atoms with van der Waals surface area (Å²) in [6, 6.07) is 1.24. The molecule has 0 bridgehead atoms. The molecule has 0 saturated carbocycles. The number of nitrogens with one attached hydrogen (secondary N) is 1. The first-order valence-electron chi connectivity index (χ1n) is 4.47. The van der Waals surface area contributed by atoms with Crippen molar-refractivity contribution in [2.75, 3.05) is 17.7 Å². The van der Waals surface area contributed by atoms with Gasteiger partial charge in [-0.2, -0.15) is 0 Å². The number of nitrogens with two attached hydrogens (primary N) is 2. The van der Waals surface area contributed by atoms with Crippen LogP contribution in [0, 0.1) is 0 Å². The number of aliphatic hydroxyl groups excluding tert-OH is 1. The molecule has 0 aromatic carbocycles. The third-order valence-electron chi connectivity index (χ3n) is 1.83. The molecule has 1 unspecified atom stereocenters. The normalized spacial score (nSPS) is 12.1. The number of hydrogen-bond donors (Lipinski definition) is 4. The summed E-state index contributed by atoms with van der Waals surface area (Å²) in [5.41, 5.74) is 11.2. The minimum Gasteiger partial charge on any atom is -0.397 e. The van der Waals surface area contributed by atoms with Gasteiger partial charge in [0, 0.05) is 6.04 Å². The van der Waals surface area contributed by atoms with Crippen molar-refractivity contribution in [3.8, 4) is 0 Å². The molecule has 0 radical (unpaired) electrons. The maximum Gasteiger partial charge on any atom is 0.252 e. The quantitative estimate of drug-likeness (QED) is 0.537. The lowest BCUT2D eigenvalue weighted by atomic mass is 10.2. The Morgan fingerprint density at radius 1 is 1.73 bits per heavy atom. The van der Waals surface area contributed by atoms with Crippen LogP contribution in [-0.4, -0.2) is 28.6 Å². The van der Waals surface area contributed by atoms with E-state index >= 15 is 0 Å². The molecule has 1 atom stereocenters. The lowest BCUT2D eigenvalue weighted by Gasteiger charge is -2.13. The Morgan fingerprint density at radius 2 is 2.40 bits per heavy atom. The van der Waals surface area contributed by atoms with Crippen LogP contribution >= 0.6 is 0 Å². The third-order valence-corrected chi connectivity index (χ3v) is 1.83. The number of nitrogens with zero attached hydrogens (tertiary/aromatic N) is 1. The number of rotatable bonds is 4. The number of aliphatic hydroxyl groups is 1. The number of primary amides is 1. The van der Waals surface area contributed by atoms with Crippen molar-refractivity contribution >= 4 is 17.4 Å². The molecular formula is C9H14N4O2. The average molecular weight is 210 g/mol. The molecule has 82 valence electrons. The molecule has 0 fully saturated rings. The van der Waals surface area contributed by atoms with Gasteiger partial charge < -0.3 is 21.9 Å². The zero-order chi connectivity index (χ0) is 11.4. The molecule has 6 N–H and O–H groups in total. The fraction of sp³-hybridized carbons (Fsp3) is 0.333. The number of pyridine rings is 1. The number of aromatic nitrogens is 1. The van der Waals surface area contributed by atoms with Crippen molar-refractivity contribution in [3.05, 3.63) is 17.8 Å². The van der Waals surface area contributed by atoms with E-state index < -0.39 is 5.91 Å². The van der Waals surface area contributed by atoms with Crippen molar-refractivity contribution in [2.45, 2.75) is 13.0 Å². The second kappa shape index (κ2) is 4.61. The van der Waals surface area contributed by atoms with Crippen molar-refractivity contribution in [2.24, 2.45) is 5.73 Å². The van der Waals surface area contributed by atoms with Crippen LogP contribution in [0.25, 0.3) is 0 Å². The minimum atomic E-state index is -0.609. The van der Waals surface area contributed by atoms with Gasteiger partial charge >= 0.3 is 0 Å². The van der Waals surface area contributed by atoms with E-state index in [4.69, 9.17) is 16.6 Å². The summed E-state index contributed by atoms with van der Waals surface area (Å²) in [5, 5.41) is 11.7. The van der Waals surface area contributed by atoms with E-state index in [1.807, 2.05) is 0 Å². The molecular weight excluding hydrogens is 196 g/mol. The Balaban J connectivity index is 3.01. The van der Waals surface area contributed by atoms with E-state index in [1.165, 1.54) is 12.3 Å². The highest BCUT2D eigenvalue weighted by Crippen LogP contribution is 2.15. The minimum absolute atomic E-state index is 0.0652. The summed E-state index contributed by atoms with van der Waals surface area (Å²) < 4.78 is 0. The molecule has 0 spiro atoms. The lowest BCUT2D eigenvalue weighted by Crippen LogP contribution is -2.23. The number of amides is 1. The molecule has 0 aliphatic carbocycles. The molecule has 1 aromatic rings. The topological polar surface area (TPSA) is 114 Å². The van der Waals surface area contributed by atoms with Crippen molar-refractivity contribution in [3.63, 3.8) is 0 Å². The van der Waals surface area contributed by atoms with Crippen molar-refractivity contribution < 1.29 is 9.90 Å². The number of anilines is 2. The monoisotopic (exact) mass is 210 g/mol. The second-order valence-corrected chi connectivity index (χ2v) is 3.26. The summed E-state index contributed by atoms with van der Waals surface area (Å²) in [6.45, 7) is 1.69. The molecule has 1 amide bonds. The van der Waals surface area contributed by atoms with Gasteiger partial charge in [0.15, 0.2) is 0 Å². The Bertz CT molecular complexity index is 367. The van der Waals surface area contributed by atoms with E-state index in [9.17, 15) is 4.79 Å². The maximum atomic E-state index is 11.1. The first-order valence-corrected chi connectivity index (χ1v) is 4.47. The van der Waals surface area contributed by atoms with Gasteiger partial charge in [0.2, 0.25) is 0 Å².